The molecule has 5 nitrogen and oxygen atoms in total. The minimum atomic E-state index is -4.34. The zero-order valence-corrected chi connectivity index (χ0v) is 19.7. The number of nitrogens with two attached hydrogens (primary N) is 1. The van der Waals surface area contributed by atoms with Crippen LogP contribution in [0.4, 0.5) is 18.3 Å². The molecule has 1 atom stereocenters. The standard InChI is InChI=1S/C25H26F3N5S/c1-33(2)15-22-23(18-5-6-19-13-30-10-9-17(19)12-18)34-24(32-22)31-14-21(29)11-16-3-7-20(8-4-16)25(26,27)28/h3-10,12-13,21H,11,14-15,29H2,1-2H3,(H,31,32). The van der Waals surface area contributed by atoms with Gasteiger partial charge in [-0.3, -0.25) is 4.98 Å². The van der Waals surface area contributed by atoms with E-state index in [0.717, 1.165) is 49.7 Å². The number of nitrogens with one attached hydrogen (secondary N) is 1. The minimum absolute atomic E-state index is 0.269. The summed E-state index contributed by atoms with van der Waals surface area (Å²) in [5, 5.41) is 6.28. The molecule has 0 saturated carbocycles. The summed E-state index contributed by atoms with van der Waals surface area (Å²) in [5.74, 6) is 0. The summed E-state index contributed by atoms with van der Waals surface area (Å²) in [4.78, 5) is 12.1. The van der Waals surface area contributed by atoms with Crippen LogP contribution in [0.2, 0.25) is 0 Å². The van der Waals surface area contributed by atoms with Crippen LogP contribution < -0.4 is 11.1 Å². The number of fused-ring (bicyclic) bond motifs is 1. The number of thiazole rings is 1. The molecule has 34 heavy (non-hydrogen) atoms. The Morgan fingerprint density at radius 1 is 1.06 bits per heavy atom. The average molecular weight is 486 g/mol. The van der Waals surface area contributed by atoms with Gasteiger partial charge in [0.2, 0.25) is 0 Å². The van der Waals surface area contributed by atoms with Crippen LogP contribution in [0, 0.1) is 0 Å². The number of halogens is 3. The first kappa shape index (κ1) is 24.1. The van der Waals surface area contributed by atoms with E-state index in [-0.39, 0.29) is 6.04 Å². The van der Waals surface area contributed by atoms with E-state index in [1.54, 1.807) is 17.5 Å². The minimum Gasteiger partial charge on any atom is -0.360 e. The Labute approximate surface area is 200 Å². The molecular formula is C25H26F3N5S. The molecule has 0 saturated heterocycles. The Kier molecular flexibility index (Phi) is 7.16. The van der Waals surface area contributed by atoms with Crippen LogP contribution in [-0.2, 0) is 19.1 Å². The third-order valence-corrected chi connectivity index (χ3v) is 6.47. The molecule has 3 N–H and O–H groups in total. The van der Waals surface area contributed by atoms with E-state index >= 15 is 0 Å². The summed E-state index contributed by atoms with van der Waals surface area (Å²) in [7, 11) is 4.00. The van der Waals surface area contributed by atoms with Gasteiger partial charge in [-0.25, -0.2) is 4.98 Å². The van der Waals surface area contributed by atoms with E-state index in [1.807, 2.05) is 26.4 Å². The van der Waals surface area contributed by atoms with Crippen LogP contribution in [0.15, 0.2) is 60.9 Å². The second kappa shape index (κ2) is 10.1. The van der Waals surface area contributed by atoms with Crippen LogP contribution in [-0.4, -0.2) is 41.5 Å². The fraction of sp³-hybridized carbons (Fsp3) is 0.280. The molecule has 0 aliphatic carbocycles. The Bertz CT molecular complexity index is 1250. The van der Waals surface area contributed by atoms with E-state index in [1.165, 1.54) is 12.1 Å². The molecule has 0 spiro atoms. The van der Waals surface area contributed by atoms with Gasteiger partial charge in [0.25, 0.3) is 0 Å². The molecule has 4 rings (SSSR count). The van der Waals surface area contributed by atoms with E-state index in [0.29, 0.717) is 19.5 Å². The normalized spacial score (nSPS) is 12.9. The second-order valence-electron chi connectivity index (χ2n) is 8.51. The van der Waals surface area contributed by atoms with Crippen molar-refractivity contribution in [1.29, 1.82) is 0 Å². The monoisotopic (exact) mass is 485 g/mol. The number of benzene rings is 2. The number of nitrogens with zero attached hydrogens (tertiary/aromatic N) is 3. The zero-order chi connectivity index (χ0) is 24.3. The van der Waals surface area contributed by atoms with Crippen LogP contribution in [0.3, 0.4) is 0 Å². The Morgan fingerprint density at radius 2 is 1.82 bits per heavy atom. The van der Waals surface area contributed by atoms with Gasteiger partial charge in [-0.2, -0.15) is 13.2 Å². The molecule has 2 aromatic carbocycles. The molecular weight excluding hydrogens is 459 g/mol. The highest BCUT2D eigenvalue weighted by Gasteiger charge is 2.30. The van der Waals surface area contributed by atoms with Crippen molar-refractivity contribution in [3.05, 3.63) is 77.7 Å². The SMILES string of the molecule is CN(C)Cc1nc(NCC(N)Cc2ccc(C(F)(F)F)cc2)sc1-c1ccc2cnccc2c1. The maximum absolute atomic E-state index is 12.8. The number of rotatable bonds is 8. The molecule has 0 aliphatic rings. The predicted molar refractivity (Wildman–Crippen MR) is 132 cm³/mol. The van der Waals surface area contributed by atoms with Gasteiger partial charge in [0, 0.05) is 36.9 Å². The quantitative estimate of drug-likeness (QED) is 0.349. The summed E-state index contributed by atoms with van der Waals surface area (Å²) in [5.41, 5.74) is 8.43. The molecule has 0 bridgehead atoms. The van der Waals surface area contributed by atoms with Crippen LogP contribution in [0.25, 0.3) is 21.2 Å². The molecule has 9 heteroatoms. The highest BCUT2D eigenvalue weighted by molar-refractivity contribution is 7.19. The topological polar surface area (TPSA) is 67.1 Å². The average Bonchev–Trinajstić information content (AvgIpc) is 3.19. The van der Waals surface area contributed by atoms with Crippen LogP contribution in [0.1, 0.15) is 16.8 Å². The molecule has 0 amide bonds. The third kappa shape index (κ3) is 5.91. The van der Waals surface area contributed by atoms with Crippen molar-refractivity contribution in [2.24, 2.45) is 5.73 Å². The van der Waals surface area contributed by atoms with Gasteiger partial charge in [0.15, 0.2) is 5.13 Å². The van der Waals surface area contributed by atoms with E-state index in [4.69, 9.17) is 10.7 Å². The molecule has 4 aromatic rings. The summed E-state index contributed by atoms with van der Waals surface area (Å²) in [6, 6.07) is 13.2. The molecule has 2 aromatic heterocycles. The lowest BCUT2D eigenvalue weighted by Crippen LogP contribution is -2.31. The fourth-order valence-electron chi connectivity index (χ4n) is 3.71. The van der Waals surface area contributed by atoms with Crippen molar-refractivity contribution < 1.29 is 13.2 Å². The zero-order valence-electron chi connectivity index (χ0n) is 18.9. The van der Waals surface area contributed by atoms with Crippen LogP contribution >= 0.6 is 11.3 Å². The van der Waals surface area contributed by atoms with Crippen molar-refractivity contribution in [3.8, 4) is 10.4 Å². The number of aromatic nitrogens is 2. The maximum atomic E-state index is 12.8. The van der Waals surface area contributed by atoms with Crippen molar-refractivity contribution in [2.45, 2.75) is 25.2 Å². The van der Waals surface area contributed by atoms with Gasteiger partial charge in [-0.15, -0.1) is 0 Å². The lowest BCUT2D eigenvalue weighted by molar-refractivity contribution is -0.137. The van der Waals surface area contributed by atoms with Gasteiger partial charge < -0.3 is 16.0 Å². The molecule has 0 fully saturated rings. The lowest BCUT2D eigenvalue weighted by atomic mass is 10.0. The Balaban J connectivity index is 1.47. The Hall–Kier alpha value is -3.01. The number of pyridine rings is 1. The number of anilines is 1. The van der Waals surface area contributed by atoms with E-state index in [2.05, 4.69) is 33.4 Å². The van der Waals surface area contributed by atoms with Gasteiger partial charge >= 0.3 is 6.18 Å². The largest absolute Gasteiger partial charge is 0.416 e. The first-order chi connectivity index (χ1) is 16.2. The molecule has 0 aliphatic heterocycles. The van der Waals surface area contributed by atoms with Crippen molar-refractivity contribution in [3.63, 3.8) is 0 Å². The van der Waals surface area contributed by atoms with Gasteiger partial charge in [0.1, 0.15) is 0 Å². The van der Waals surface area contributed by atoms with Crippen molar-refractivity contribution in [2.75, 3.05) is 26.0 Å². The Morgan fingerprint density at radius 3 is 2.53 bits per heavy atom. The highest BCUT2D eigenvalue weighted by Crippen LogP contribution is 2.35. The number of hydrogen-bond donors (Lipinski definition) is 2. The summed E-state index contributed by atoms with van der Waals surface area (Å²) >= 11 is 1.57. The lowest BCUT2D eigenvalue weighted by Gasteiger charge is -2.13. The third-order valence-electron chi connectivity index (χ3n) is 5.36. The van der Waals surface area contributed by atoms with Crippen molar-refractivity contribution in [1.82, 2.24) is 14.9 Å². The number of hydrogen-bond acceptors (Lipinski definition) is 6. The summed E-state index contributed by atoms with van der Waals surface area (Å²) < 4.78 is 38.3. The van der Waals surface area contributed by atoms with Crippen molar-refractivity contribution >= 4 is 27.2 Å². The predicted octanol–water partition coefficient (Wildman–Crippen LogP) is 5.42. The molecule has 0 radical (unpaired) electrons. The van der Waals surface area contributed by atoms with Gasteiger partial charge in [-0.05, 0) is 61.3 Å². The molecule has 1 unspecified atom stereocenters. The van der Waals surface area contributed by atoms with Gasteiger partial charge in [-0.1, -0.05) is 35.6 Å². The first-order valence-corrected chi connectivity index (χ1v) is 11.6. The van der Waals surface area contributed by atoms with E-state index < -0.39 is 11.7 Å². The summed E-state index contributed by atoms with van der Waals surface area (Å²) in [6.07, 6.45) is -0.244. The number of alkyl halides is 3. The smallest absolute Gasteiger partial charge is 0.360 e. The second-order valence-corrected chi connectivity index (χ2v) is 9.51. The van der Waals surface area contributed by atoms with E-state index in [9.17, 15) is 13.2 Å². The molecule has 178 valence electrons. The molecule has 2 heterocycles. The van der Waals surface area contributed by atoms with Crippen LogP contribution in [0.5, 0.6) is 0 Å². The highest BCUT2D eigenvalue weighted by atomic mass is 32.1. The van der Waals surface area contributed by atoms with Gasteiger partial charge in [0.05, 0.1) is 16.1 Å². The fourth-order valence-corrected chi connectivity index (χ4v) is 4.68. The summed E-state index contributed by atoms with van der Waals surface area (Å²) in [6.45, 7) is 1.15. The maximum Gasteiger partial charge on any atom is 0.416 e. The first-order valence-electron chi connectivity index (χ1n) is 10.8.